The molecule has 6 nitrogen and oxygen atoms in total. The second-order valence-corrected chi connectivity index (χ2v) is 6.13. The number of aliphatic hydroxyl groups is 1. The minimum atomic E-state index is -0.158. The predicted octanol–water partition coefficient (Wildman–Crippen LogP) is 2.34. The van der Waals surface area contributed by atoms with Gasteiger partial charge < -0.3 is 10.0 Å². The molecule has 1 fully saturated rings. The molecule has 1 aromatic carbocycles. The summed E-state index contributed by atoms with van der Waals surface area (Å²) in [6, 6.07) is 9.79. The maximum Gasteiger partial charge on any atom is 0.323 e. The molecule has 1 saturated heterocycles. The fourth-order valence-electron chi connectivity index (χ4n) is 2.84. The second-order valence-electron chi connectivity index (χ2n) is 6.13. The van der Waals surface area contributed by atoms with Crippen LogP contribution in [0.15, 0.2) is 30.3 Å². The number of carbonyl (C=O) groups is 1. The van der Waals surface area contributed by atoms with Crippen LogP contribution in [-0.4, -0.2) is 45.5 Å². The quantitative estimate of drug-likeness (QED) is 0.913. The van der Waals surface area contributed by atoms with E-state index in [1.807, 2.05) is 48.9 Å². The third-order valence-corrected chi connectivity index (χ3v) is 4.23. The number of likely N-dealkylation sites (tertiary alicyclic amines) is 1. The number of nitrogens with zero attached hydrogens (tertiary/aromatic N) is 3. The Morgan fingerprint density at radius 2 is 2.09 bits per heavy atom. The number of aromatic nitrogens is 2. The molecular weight excluding hydrogens is 292 g/mol. The smallest absolute Gasteiger partial charge is 0.323 e. The van der Waals surface area contributed by atoms with Crippen molar-refractivity contribution < 1.29 is 9.90 Å². The fraction of sp³-hybridized carbons (Fsp3) is 0.412. The lowest BCUT2D eigenvalue weighted by Crippen LogP contribution is -2.33. The first-order valence-corrected chi connectivity index (χ1v) is 7.87. The molecule has 1 atom stereocenters. The minimum Gasteiger partial charge on any atom is -0.396 e. The number of carbonyl (C=O) groups excluding carboxylic acids is 1. The van der Waals surface area contributed by atoms with Crippen LogP contribution in [0.4, 0.5) is 10.6 Å². The molecule has 2 aromatic rings. The van der Waals surface area contributed by atoms with Gasteiger partial charge in [0, 0.05) is 37.4 Å². The first kappa shape index (κ1) is 15.6. The molecule has 2 amide bonds. The number of hydrogen-bond acceptors (Lipinski definition) is 3. The highest BCUT2D eigenvalue weighted by Crippen LogP contribution is 2.19. The van der Waals surface area contributed by atoms with Crippen LogP contribution in [0.3, 0.4) is 0 Å². The molecule has 0 bridgehead atoms. The lowest BCUT2D eigenvalue weighted by Gasteiger charge is -2.15. The van der Waals surface area contributed by atoms with Crippen LogP contribution in [0.1, 0.15) is 17.7 Å². The van der Waals surface area contributed by atoms with Crippen LogP contribution in [0, 0.1) is 19.8 Å². The molecule has 2 heterocycles. The zero-order valence-corrected chi connectivity index (χ0v) is 13.5. The lowest BCUT2D eigenvalue weighted by atomic mass is 10.1. The third kappa shape index (κ3) is 3.37. The molecule has 3 rings (SSSR count). The Balaban J connectivity index is 1.71. The summed E-state index contributed by atoms with van der Waals surface area (Å²) in [4.78, 5) is 14.0. The van der Waals surface area contributed by atoms with Crippen LogP contribution in [0.25, 0.3) is 5.69 Å². The van der Waals surface area contributed by atoms with Gasteiger partial charge in [0.25, 0.3) is 0 Å². The van der Waals surface area contributed by atoms with Crippen molar-refractivity contribution in [1.82, 2.24) is 14.7 Å². The maximum atomic E-state index is 12.3. The Kier molecular flexibility index (Phi) is 4.34. The van der Waals surface area contributed by atoms with Crippen molar-refractivity contribution in [3.05, 3.63) is 41.6 Å². The van der Waals surface area contributed by atoms with Gasteiger partial charge in [0.1, 0.15) is 0 Å². The van der Waals surface area contributed by atoms with Gasteiger partial charge in [-0.05, 0) is 32.4 Å². The van der Waals surface area contributed by atoms with E-state index in [0.29, 0.717) is 18.9 Å². The SMILES string of the molecule is Cc1ccc(-n2nc(NC(=O)N3CCC(CO)C3)cc2C)cc1. The van der Waals surface area contributed by atoms with Gasteiger partial charge in [-0.25, -0.2) is 9.48 Å². The van der Waals surface area contributed by atoms with Gasteiger partial charge in [-0.15, -0.1) is 5.10 Å². The van der Waals surface area contributed by atoms with Gasteiger partial charge in [0.05, 0.1) is 5.69 Å². The molecular formula is C17H22N4O2. The number of rotatable bonds is 3. The zero-order chi connectivity index (χ0) is 16.4. The minimum absolute atomic E-state index is 0.130. The van der Waals surface area contributed by atoms with Gasteiger partial charge in [0.2, 0.25) is 0 Å². The molecule has 1 unspecified atom stereocenters. The number of urea groups is 1. The largest absolute Gasteiger partial charge is 0.396 e. The van der Waals surface area contributed by atoms with E-state index < -0.39 is 0 Å². The zero-order valence-electron chi connectivity index (χ0n) is 13.5. The number of aliphatic hydroxyl groups excluding tert-OH is 1. The molecule has 6 heteroatoms. The Labute approximate surface area is 135 Å². The Morgan fingerprint density at radius 1 is 1.35 bits per heavy atom. The van der Waals surface area contributed by atoms with Crippen LogP contribution in [0.2, 0.25) is 0 Å². The topological polar surface area (TPSA) is 70.4 Å². The number of aryl methyl sites for hydroxylation is 2. The number of anilines is 1. The predicted molar refractivity (Wildman–Crippen MR) is 88.8 cm³/mol. The summed E-state index contributed by atoms with van der Waals surface area (Å²) >= 11 is 0. The fourth-order valence-corrected chi connectivity index (χ4v) is 2.84. The third-order valence-electron chi connectivity index (χ3n) is 4.23. The molecule has 0 saturated carbocycles. The number of benzene rings is 1. The van der Waals surface area contributed by atoms with Crippen molar-refractivity contribution in [3.63, 3.8) is 0 Å². The van der Waals surface area contributed by atoms with Crippen LogP contribution < -0.4 is 5.32 Å². The molecule has 2 N–H and O–H groups in total. The number of nitrogens with one attached hydrogen (secondary N) is 1. The molecule has 1 aliphatic heterocycles. The van der Waals surface area contributed by atoms with E-state index in [-0.39, 0.29) is 18.6 Å². The van der Waals surface area contributed by atoms with Crippen molar-refractivity contribution in [2.24, 2.45) is 5.92 Å². The van der Waals surface area contributed by atoms with E-state index in [1.165, 1.54) is 5.56 Å². The Morgan fingerprint density at radius 3 is 2.74 bits per heavy atom. The van der Waals surface area contributed by atoms with Gasteiger partial charge in [-0.2, -0.15) is 0 Å². The summed E-state index contributed by atoms with van der Waals surface area (Å²) in [6.07, 6.45) is 0.848. The van der Waals surface area contributed by atoms with E-state index in [4.69, 9.17) is 5.11 Å². The molecule has 0 aliphatic carbocycles. The highest BCUT2D eigenvalue weighted by atomic mass is 16.3. The van der Waals surface area contributed by atoms with Gasteiger partial charge in [-0.3, -0.25) is 5.32 Å². The summed E-state index contributed by atoms with van der Waals surface area (Å²) in [6.45, 7) is 5.40. The maximum absolute atomic E-state index is 12.3. The van der Waals surface area contributed by atoms with E-state index in [1.54, 1.807) is 4.90 Å². The van der Waals surface area contributed by atoms with Gasteiger partial charge in [-0.1, -0.05) is 17.7 Å². The number of amides is 2. The van der Waals surface area contributed by atoms with E-state index in [2.05, 4.69) is 10.4 Å². The highest BCUT2D eigenvalue weighted by Gasteiger charge is 2.26. The van der Waals surface area contributed by atoms with Gasteiger partial charge in [0.15, 0.2) is 5.82 Å². The summed E-state index contributed by atoms with van der Waals surface area (Å²) in [5.74, 6) is 0.730. The van der Waals surface area contributed by atoms with Crippen molar-refractivity contribution in [2.75, 3.05) is 25.0 Å². The van der Waals surface area contributed by atoms with Crippen molar-refractivity contribution in [3.8, 4) is 5.69 Å². The average molecular weight is 314 g/mol. The van der Waals surface area contributed by atoms with Gasteiger partial charge >= 0.3 is 6.03 Å². The molecule has 23 heavy (non-hydrogen) atoms. The first-order chi connectivity index (χ1) is 11.1. The summed E-state index contributed by atoms with van der Waals surface area (Å²) in [5, 5.41) is 16.5. The van der Waals surface area contributed by atoms with Crippen molar-refractivity contribution in [1.29, 1.82) is 0 Å². The Bertz CT molecular complexity index is 693. The summed E-state index contributed by atoms with van der Waals surface area (Å²) < 4.78 is 1.82. The molecule has 0 spiro atoms. The number of hydrogen-bond donors (Lipinski definition) is 2. The lowest BCUT2D eigenvalue weighted by molar-refractivity contribution is 0.208. The standard InChI is InChI=1S/C17H22N4O2/c1-12-3-5-15(6-4-12)21-13(2)9-16(19-21)18-17(23)20-8-7-14(10-20)11-22/h3-6,9,14,22H,7-8,10-11H2,1-2H3,(H,18,19,23). The summed E-state index contributed by atoms with van der Waals surface area (Å²) in [5.41, 5.74) is 3.12. The average Bonchev–Trinajstić information content (AvgIpc) is 3.15. The Hall–Kier alpha value is -2.34. The summed E-state index contributed by atoms with van der Waals surface area (Å²) in [7, 11) is 0. The first-order valence-electron chi connectivity index (χ1n) is 7.87. The van der Waals surface area contributed by atoms with E-state index in [9.17, 15) is 4.79 Å². The molecule has 0 radical (unpaired) electrons. The van der Waals surface area contributed by atoms with Crippen LogP contribution in [-0.2, 0) is 0 Å². The highest BCUT2D eigenvalue weighted by molar-refractivity contribution is 5.88. The van der Waals surface area contributed by atoms with E-state index in [0.717, 1.165) is 17.8 Å². The molecule has 1 aliphatic rings. The van der Waals surface area contributed by atoms with Crippen LogP contribution in [0.5, 0.6) is 0 Å². The van der Waals surface area contributed by atoms with Crippen molar-refractivity contribution >= 4 is 11.8 Å². The second kappa shape index (κ2) is 6.42. The monoisotopic (exact) mass is 314 g/mol. The normalized spacial score (nSPS) is 17.5. The molecule has 122 valence electrons. The van der Waals surface area contributed by atoms with E-state index >= 15 is 0 Å². The van der Waals surface area contributed by atoms with Crippen LogP contribution >= 0.6 is 0 Å². The molecule has 1 aromatic heterocycles. The van der Waals surface area contributed by atoms with Crippen molar-refractivity contribution in [2.45, 2.75) is 20.3 Å².